The van der Waals surface area contributed by atoms with Crippen LogP contribution in [0.5, 0.6) is 0 Å². The highest BCUT2D eigenvalue weighted by Crippen LogP contribution is 2.27. The molecule has 0 radical (unpaired) electrons. The van der Waals surface area contributed by atoms with Crippen LogP contribution in [0.25, 0.3) is 10.9 Å². The predicted molar refractivity (Wildman–Crippen MR) is 94.4 cm³/mol. The van der Waals surface area contributed by atoms with Crippen LogP contribution >= 0.6 is 0 Å². The number of rotatable bonds is 3. The Morgan fingerprint density at radius 3 is 2.68 bits per heavy atom. The van der Waals surface area contributed by atoms with Crippen LogP contribution in [0.3, 0.4) is 0 Å². The van der Waals surface area contributed by atoms with Crippen LogP contribution in [0.2, 0.25) is 0 Å². The van der Waals surface area contributed by atoms with Gasteiger partial charge in [0.05, 0.1) is 5.52 Å². The first-order valence-electron chi connectivity index (χ1n) is 8.51. The number of aromatic nitrogens is 1. The van der Waals surface area contributed by atoms with Gasteiger partial charge in [-0.2, -0.15) is 0 Å². The van der Waals surface area contributed by atoms with Crippen molar-refractivity contribution in [3.8, 4) is 0 Å². The van der Waals surface area contributed by atoms with Crippen LogP contribution < -0.4 is 10.7 Å². The molecule has 2 N–H and O–H groups in total. The van der Waals surface area contributed by atoms with E-state index in [2.05, 4.69) is 10.3 Å². The predicted octanol–water partition coefficient (Wildman–Crippen LogP) is 2.91. The van der Waals surface area contributed by atoms with Crippen LogP contribution in [0.1, 0.15) is 42.6 Å². The van der Waals surface area contributed by atoms with Crippen molar-refractivity contribution in [2.24, 2.45) is 5.92 Å². The average Bonchev–Trinajstić information content (AvgIpc) is 2.56. The first-order chi connectivity index (χ1) is 11.8. The van der Waals surface area contributed by atoms with E-state index in [9.17, 15) is 14.0 Å². The second-order valence-electron chi connectivity index (χ2n) is 7.24. The van der Waals surface area contributed by atoms with Crippen molar-refractivity contribution in [2.45, 2.75) is 39.2 Å². The Kier molecular flexibility index (Phi) is 4.64. The summed E-state index contributed by atoms with van der Waals surface area (Å²) in [5, 5.41) is 3.16. The Balaban J connectivity index is 1.92. The maximum absolute atomic E-state index is 13.7. The van der Waals surface area contributed by atoms with Crippen molar-refractivity contribution in [1.82, 2.24) is 10.3 Å². The number of benzene rings is 1. The standard InChI is InChI=1S/C19H23FN2O3/c1-11-8-13(20)9-14-16(11)21-10-15(17(14)23)18(24)22-19(2,3)12-4-6-25-7-5-12/h8-10,12H,4-7H2,1-3H3,(H,21,23)(H,22,24). The largest absolute Gasteiger partial charge is 0.381 e. The highest BCUT2D eigenvalue weighted by atomic mass is 19.1. The first kappa shape index (κ1) is 17.6. The van der Waals surface area contributed by atoms with Crippen molar-refractivity contribution in [3.05, 3.63) is 45.5 Å². The Bertz CT molecular complexity index is 867. The van der Waals surface area contributed by atoms with Crippen LogP contribution in [0.4, 0.5) is 4.39 Å². The lowest BCUT2D eigenvalue weighted by Crippen LogP contribution is -2.51. The minimum absolute atomic E-state index is 0.00219. The lowest BCUT2D eigenvalue weighted by atomic mass is 9.81. The van der Waals surface area contributed by atoms with Gasteiger partial charge in [0.2, 0.25) is 5.43 Å². The van der Waals surface area contributed by atoms with Crippen molar-refractivity contribution in [3.63, 3.8) is 0 Å². The molecule has 0 atom stereocenters. The number of hydrogen-bond acceptors (Lipinski definition) is 3. The zero-order valence-electron chi connectivity index (χ0n) is 14.7. The summed E-state index contributed by atoms with van der Waals surface area (Å²) in [6.45, 7) is 6.99. The van der Waals surface area contributed by atoms with Gasteiger partial charge in [-0.05, 0) is 57.2 Å². The third kappa shape index (κ3) is 3.44. The number of carbonyl (C=O) groups is 1. The first-order valence-corrected chi connectivity index (χ1v) is 8.51. The molecule has 1 aliphatic rings. The lowest BCUT2D eigenvalue weighted by molar-refractivity contribution is 0.0355. The molecule has 0 unspecified atom stereocenters. The smallest absolute Gasteiger partial charge is 0.257 e. The number of halogens is 1. The molecule has 1 amide bonds. The van der Waals surface area contributed by atoms with E-state index < -0.39 is 22.7 Å². The number of H-pyrrole nitrogens is 1. The number of amides is 1. The maximum atomic E-state index is 13.7. The summed E-state index contributed by atoms with van der Waals surface area (Å²) in [6, 6.07) is 2.52. The van der Waals surface area contributed by atoms with E-state index in [-0.39, 0.29) is 16.9 Å². The van der Waals surface area contributed by atoms with Gasteiger partial charge in [0.25, 0.3) is 5.91 Å². The van der Waals surface area contributed by atoms with E-state index in [1.54, 1.807) is 6.92 Å². The van der Waals surface area contributed by atoms with E-state index >= 15 is 0 Å². The number of aromatic amines is 1. The molecule has 25 heavy (non-hydrogen) atoms. The van der Waals surface area contributed by atoms with Gasteiger partial charge in [-0.25, -0.2) is 4.39 Å². The third-order valence-corrected chi connectivity index (χ3v) is 5.07. The number of hydrogen-bond donors (Lipinski definition) is 2. The van der Waals surface area contributed by atoms with Gasteiger partial charge in [-0.1, -0.05) is 0 Å². The summed E-state index contributed by atoms with van der Waals surface area (Å²) in [4.78, 5) is 28.3. The normalized spacial score (nSPS) is 16.2. The highest BCUT2D eigenvalue weighted by Gasteiger charge is 2.33. The maximum Gasteiger partial charge on any atom is 0.257 e. The molecule has 1 saturated heterocycles. The molecular weight excluding hydrogens is 323 g/mol. The number of nitrogens with one attached hydrogen (secondary N) is 2. The minimum Gasteiger partial charge on any atom is -0.381 e. The molecule has 0 saturated carbocycles. The SMILES string of the molecule is Cc1cc(F)cc2c(=O)c(C(=O)NC(C)(C)C3CCOCC3)c[nH]c12. The summed E-state index contributed by atoms with van der Waals surface area (Å²) in [5.41, 5.74) is 0.252. The fraction of sp³-hybridized carbons (Fsp3) is 0.474. The topological polar surface area (TPSA) is 71.2 Å². The van der Waals surface area contributed by atoms with E-state index in [0.29, 0.717) is 24.3 Å². The van der Waals surface area contributed by atoms with Gasteiger partial charge < -0.3 is 15.0 Å². The van der Waals surface area contributed by atoms with Gasteiger partial charge in [-0.15, -0.1) is 0 Å². The molecular formula is C19H23FN2O3. The summed E-state index contributed by atoms with van der Waals surface area (Å²) >= 11 is 0. The molecule has 5 nitrogen and oxygen atoms in total. The monoisotopic (exact) mass is 346 g/mol. The molecule has 1 aromatic carbocycles. The highest BCUT2D eigenvalue weighted by molar-refractivity contribution is 5.97. The zero-order valence-corrected chi connectivity index (χ0v) is 14.7. The quantitative estimate of drug-likeness (QED) is 0.898. The third-order valence-electron chi connectivity index (χ3n) is 5.07. The Labute approximate surface area is 145 Å². The Morgan fingerprint density at radius 1 is 1.32 bits per heavy atom. The fourth-order valence-electron chi connectivity index (χ4n) is 3.52. The second kappa shape index (κ2) is 6.59. The number of aryl methyl sites for hydroxylation is 1. The average molecular weight is 346 g/mol. The van der Waals surface area contributed by atoms with Gasteiger partial charge >= 0.3 is 0 Å². The van der Waals surface area contributed by atoms with E-state index in [1.165, 1.54) is 18.3 Å². The van der Waals surface area contributed by atoms with E-state index in [0.717, 1.165) is 12.8 Å². The Hall–Kier alpha value is -2.21. The summed E-state index contributed by atoms with van der Waals surface area (Å²) in [5.74, 6) is -0.651. The van der Waals surface area contributed by atoms with E-state index in [1.807, 2.05) is 13.8 Å². The number of carbonyl (C=O) groups excluding carboxylic acids is 1. The molecule has 3 rings (SSSR count). The molecule has 134 valence electrons. The van der Waals surface area contributed by atoms with Gasteiger partial charge in [-0.3, -0.25) is 9.59 Å². The van der Waals surface area contributed by atoms with Crippen LogP contribution in [0.15, 0.2) is 23.1 Å². The fourth-order valence-corrected chi connectivity index (χ4v) is 3.52. The number of pyridine rings is 1. The Morgan fingerprint density at radius 2 is 2.00 bits per heavy atom. The van der Waals surface area contributed by atoms with Crippen molar-refractivity contribution < 1.29 is 13.9 Å². The van der Waals surface area contributed by atoms with Crippen LogP contribution in [-0.4, -0.2) is 29.6 Å². The molecule has 0 aliphatic carbocycles. The summed E-state index contributed by atoms with van der Waals surface area (Å²) < 4.78 is 19.0. The van der Waals surface area contributed by atoms with E-state index in [4.69, 9.17) is 4.74 Å². The number of ether oxygens (including phenoxy) is 1. The minimum atomic E-state index is -0.490. The molecule has 6 heteroatoms. The van der Waals surface area contributed by atoms with Crippen molar-refractivity contribution in [2.75, 3.05) is 13.2 Å². The zero-order chi connectivity index (χ0) is 18.2. The summed E-state index contributed by atoms with van der Waals surface area (Å²) in [7, 11) is 0. The van der Waals surface area contributed by atoms with Crippen LogP contribution in [-0.2, 0) is 4.74 Å². The molecule has 2 heterocycles. The molecule has 1 aliphatic heterocycles. The molecule has 0 spiro atoms. The molecule has 2 aromatic rings. The molecule has 0 bridgehead atoms. The second-order valence-corrected chi connectivity index (χ2v) is 7.24. The van der Waals surface area contributed by atoms with Crippen molar-refractivity contribution in [1.29, 1.82) is 0 Å². The van der Waals surface area contributed by atoms with Gasteiger partial charge in [0, 0.05) is 30.3 Å². The molecule has 1 fully saturated rings. The van der Waals surface area contributed by atoms with Gasteiger partial charge in [0.1, 0.15) is 11.4 Å². The van der Waals surface area contributed by atoms with Crippen molar-refractivity contribution >= 4 is 16.8 Å². The molecule has 1 aromatic heterocycles. The number of fused-ring (bicyclic) bond motifs is 1. The summed E-state index contributed by atoms with van der Waals surface area (Å²) in [6.07, 6.45) is 3.14. The lowest BCUT2D eigenvalue weighted by Gasteiger charge is -2.37. The van der Waals surface area contributed by atoms with Crippen LogP contribution in [0, 0.1) is 18.7 Å². The van der Waals surface area contributed by atoms with Gasteiger partial charge in [0.15, 0.2) is 0 Å².